The van der Waals surface area contributed by atoms with Crippen LogP contribution in [-0.4, -0.2) is 41.2 Å². The largest absolute Gasteiger partial charge is 0.494 e. The molecule has 8 aromatic carbocycles. The SMILES string of the molecule is CC1(C)c2cc(N(c3ccc(-c4ccccc4)cc3)c3ccc(-c4ccccc4)cc3)ccc2-c2ccc(-n3c4ccc(B5OC(C)(C)C(C)(C)O5)cc4c4cc(B5OC(C)(C)C(C)(C)O5)ccc43)cc21. The predicted molar refractivity (Wildman–Crippen MR) is 295 cm³/mol. The molecule has 352 valence electrons. The van der Waals surface area contributed by atoms with Crippen LogP contribution >= 0.6 is 0 Å². The van der Waals surface area contributed by atoms with Gasteiger partial charge in [-0.15, -0.1) is 0 Å². The Labute approximate surface area is 419 Å². The molecule has 8 heteroatoms. The summed E-state index contributed by atoms with van der Waals surface area (Å²) in [7, 11) is -0.979. The summed E-state index contributed by atoms with van der Waals surface area (Å²) in [5, 5.41) is 2.24. The summed E-state index contributed by atoms with van der Waals surface area (Å²) in [6.45, 7) is 21.6. The highest BCUT2D eigenvalue weighted by molar-refractivity contribution is 6.63. The van der Waals surface area contributed by atoms with Crippen LogP contribution in [-0.2, 0) is 24.0 Å². The van der Waals surface area contributed by atoms with Gasteiger partial charge in [-0.05, 0) is 171 Å². The molecule has 0 radical (unpaired) electrons. The number of hydrogen-bond donors (Lipinski definition) is 0. The van der Waals surface area contributed by atoms with Crippen molar-refractivity contribution >= 4 is 64.0 Å². The first-order valence-electron chi connectivity index (χ1n) is 25.1. The summed E-state index contributed by atoms with van der Waals surface area (Å²) in [5.74, 6) is 0. The third kappa shape index (κ3) is 7.41. The zero-order chi connectivity index (χ0) is 49.2. The Kier molecular flexibility index (Phi) is 10.4. The molecule has 3 aliphatic rings. The number of hydrogen-bond acceptors (Lipinski definition) is 5. The number of nitrogens with zero attached hydrogens (tertiary/aromatic N) is 2. The van der Waals surface area contributed by atoms with Crippen LogP contribution < -0.4 is 15.8 Å². The van der Waals surface area contributed by atoms with Crippen molar-refractivity contribution in [2.24, 2.45) is 0 Å². The van der Waals surface area contributed by atoms with Gasteiger partial charge in [0.15, 0.2) is 0 Å². The van der Waals surface area contributed by atoms with Gasteiger partial charge in [0.25, 0.3) is 0 Å². The Morgan fingerprint density at radius 2 is 0.746 bits per heavy atom. The number of rotatable bonds is 8. The second kappa shape index (κ2) is 16.2. The zero-order valence-corrected chi connectivity index (χ0v) is 42.5. The van der Waals surface area contributed by atoms with Crippen molar-refractivity contribution in [3.63, 3.8) is 0 Å². The number of aromatic nitrogens is 1. The Balaban J connectivity index is 0.951. The molecule has 6 nitrogen and oxygen atoms in total. The third-order valence-electron chi connectivity index (χ3n) is 16.5. The number of fused-ring (bicyclic) bond motifs is 6. The van der Waals surface area contributed by atoms with Crippen LogP contribution in [0, 0.1) is 0 Å². The fraction of sp³-hybridized carbons (Fsp3) is 0.238. The van der Waals surface area contributed by atoms with Crippen molar-refractivity contribution in [3.8, 4) is 39.1 Å². The minimum Gasteiger partial charge on any atom is -0.399 e. The van der Waals surface area contributed by atoms with Gasteiger partial charge in [0.2, 0.25) is 0 Å². The molecule has 1 aliphatic carbocycles. The molecular weight excluding hydrogens is 870 g/mol. The fourth-order valence-electron chi connectivity index (χ4n) is 10.9. The van der Waals surface area contributed by atoms with E-state index in [4.69, 9.17) is 18.6 Å². The standard InChI is InChI=1S/C63H60B2N2O4/c1-59(2)55-39-49(66(47-27-21-43(22-28-47)41-17-13-11-14-18-41)48-29-23-44(24-30-48)42-19-15-12-16-20-42)31-33-51(55)52-34-32-50(40-56(52)59)67-57-35-25-45(64-68-60(3,4)61(5,6)69-64)37-53(57)54-38-46(26-36-58(54)67)65-70-62(7,8)63(9,10)71-65/h11-40H,1-10H3. The Hall–Kier alpha value is -6.67. The summed E-state index contributed by atoms with van der Waals surface area (Å²) in [5.41, 5.74) is 16.4. The Morgan fingerprint density at radius 3 is 1.18 bits per heavy atom. The zero-order valence-electron chi connectivity index (χ0n) is 42.5. The van der Waals surface area contributed by atoms with Crippen LogP contribution in [0.15, 0.2) is 182 Å². The molecule has 0 atom stereocenters. The van der Waals surface area contributed by atoms with E-state index >= 15 is 0 Å². The summed E-state index contributed by atoms with van der Waals surface area (Å²) in [4.78, 5) is 2.39. The maximum Gasteiger partial charge on any atom is 0.494 e. The summed E-state index contributed by atoms with van der Waals surface area (Å²) < 4.78 is 28.8. The first kappa shape index (κ1) is 45.5. The van der Waals surface area contributed by atoms with E-state index in [-0.39, 0.29) is 5.41 Å². The highest BCUT2D eigenvalue weighted by Crippen LogP contribution is 2.52. The molecule has 12 rings (SSSR count). The Bertz CT molecular complexity index is 3320. The van der Waals surface area contributed by atoms with Gasteiger partial charge in [-0.2, -0.15) is 0 Å². The van der Waals surface area contributed by atoms with E-state index in [0.717, 1.165) is 55.5 Å². The van der Waals surface area contributed by atoms with Crippen molar-refractivity contribution in [2.45, 2.75) is 97.1 Å². The maximum absolute atomic E-state index is 6.60. The average Bonchev–Trinajstić information content (AvgIpc) is 3.97. The van der Waals surface area contributed by atoms with Crippen LogP contribution in [0.4, 0.5) is 17.1 Å². The van der Waals surface area contributed by atoms with Gasteiger partial charge in [-0.3, -0.25) is 0 Å². The van der Waals surface area contributed by atoms with Crippen molar-refractivity contribution in [1.29, 1.82) is 0 Å². The lowest BCUT2D eigenvalue weighted by atomic mass is 9.77. The molecule has 2 saturated heterocycles. The molecule has 71 heavy (non-hydrogen) atoms. The minimum absolute atomic E-state index is 0.302. The molecule has 2 fully saturated rings. The van der Waals surface area contributed by atoms with E-state index in [1.165, 1.54) is 44.5 Å². The first-order valence-corrected chi connectivity index (χ1v) is 25.1. The van der Waals surface area contributed by atoms with Gasteiger partial charge in [-0.25, -0.2) is 0 Å². The van der Waals surface area contributed by atoms with Gasteiger partial charge in [0.1, 0.15) is 0 Å². The molecule has 0 amide bonds. The molecule has 3 heterocycles. The Morgan fingerprint density at radius 1 is 0.366 bits per heavy atom. The van der Waals surface area contributed by atoms with Crippen molar-refractivity contribution in [2.75, 3.05) is 4.90 Å². The molecule has 2 aliphatic heterocycles. The molecule has 0 unspecified atom stereocenters. The van der Waals surface area contributed by atoms with E-state index in [1.807, 2.05) is 0 Å². The second-order valence-corrected chi connectivity index (χ2v) is 22.3. The molecule has 0 spiro atoms. The monoisotopic (exact) mass is 930 g/mol. The number of anilines is 3. The lowest BCUT2D eigenvalue weighted by molar-refractivity contribution is 0.00578. The van der Waals surface area contributed by atoms with E-state index in [0.29, 0.717) is 0 Å². The molecule has 0 bridgehead atoms. The lowest BCUT2D eigenvalue weighted by Gasteiger charge is -2.32. The van der Waals surface area contributed by atoms with Crippen LogP contribution in [0.3, 0.4) is 0 Å². The highest BCUT2D eigenvalue weighted by atomic mass is 16.7. The van der Waals surface area contributed by atoms with Gasteiger partial charge < -0.3 is 28.1 Å². The van der Waals surface area contributed by atoms with Crippen LogP contribution in [0.1, 0.15) is 80.4 Å². The van der Waals surface area contributed by atoms with Crippen molar-refractivity contribution in [3.05, 3.63) is 193 Å². The molecular formula is C63H60B2N2O4. The third-order valence-corrected chi connectivity index (χ3v) is 16.5. The van der Waals surface area contributed by atoms with E-state index in [9.17, 15) is 0 Å². The van der Waals surface area contributed by atoms with E-state index in [1.54, 1.807) is 0 Å². The quantitative estimate of drug-likeness (QED) is 0.142. The highest BCUT2D eigenvalue weighted by Gasteiger charge is 2.53. The average molecular weight is 931 g/mol. The van der Waals surface area contributed by atoms with Crippen molar-refractivity contribution in [1.82, 2.24) is 4.57 Å². The van der Waals surface area contributed by atoms with Crippen LogP contribution in [0.25, 0.3) is 60.9 Å². The lowest BCUT2D eigenvalue weighted by Crippen LogP contribution is -2.41. The van der Waals surface area contributed by atoms with Gasteiger partial charge in [0.05, 0.1) is 33.4 Å². The maximum atomic E-state index is 6.60. The van der Waals surface area contributed by atoms with Crippen molar-refractivity contribution < 1.29 is 18.6 Å². The summed E-state index contributed by atoms with van der Waals surface area (Å²) in [6.07, 6.45) is 0. The van der Waals surface area contributed by atoms with Gasteiger partial charge >= 0.3 is 14.2 Å². The normalized spacial score (nSPS) is 18.0. The summed E-state index contributed by atoms with van der Waals surface area (Å²) >= 11 is 0. The first-order chi connectivity index (χ1) is 33.9. The smallest absolute Gasteiger partial charge is 0.399 e. The van der Waals surface area contributed by atoms with Crippen LogP contribution in [0.2, 0.25) is 0 Å². The number of benzene rings is 8. The minimum atomic E-state index is -0.489. The van der Waals surface area contributed by atoms with Gasteiger partial charge in [0, 0.05) is 38.9 Å². The summed E-state index contributed by atoms with van der Waals surface area (Å²) in [6, 6.07) is 66.5. The predicted octanol–water partition coefficient (Wildman–Crippen LogP) is 14.5. The van der Waals surface area contributed by atoms with Gasteiger partial charge in [-0.1, -0.05) is 135 Å². The van der Waals surface area contributed by atoms with E-state index in [2.05, 4.69) is 261 Å². The molecule has 1 aromatic heterocycles. The fourth-order valence-corrected chi connectivity index (χ4v) is 10.9. The van der Waals surface area contributed by atoms with E-state index < -0.39 is 36.6 Å². The van der Waals surface area contributed by atoms with Crippen LogP contribution in [0.5, 0.6) is 0 Å². The molecule has 0 N–H and O–H groups in total. The topological polar surface area (TPSA) is 45.1 Å². The molecule has 0 saturated carbocycles. The molecule has 9 aromatic rings. The second-order valence-electron chi connectivity index (χ2n) is 22.3.